The summed E-state index contributed by atoms with van der Waals surface area (Å²) < 4.78 is 12.6. The van der Waals surface area contributed by atoms with E-state index in [1.807, 2.05) is 12.3 Å². The fraction of sp³-hybridized carbons (Fsp3) is 0.643. The third kappa shape index (κ3) is 5.45. The molecule has 1 saturated heterocycles. The van der Waals surface area contributed by atoms with Crippen molar-refractivity contribution in [2.24, 2.45) is 5.73 Å². The van der Waals surface area contributed by atoms with Crippen LogP contribution in [0.4, 0.5) is 0 Å². The summed E-state index contributed by atoms with van der Waals surface area (Å²) in [4.78, 5) is 22.8. The van der Waals surface area contributed by atoms with Crippen molar-refractivity contribution in [1.29, 1.82) is 0 Å². The second-order valence-corrected chi connectivity index (χ2v) is 5.23. The van der Waals surface area contributed by atoms with Crippen LogP contribution in [0.1, 0.15) is 19.3 Å². The molecular weight excluding hydrogens is 288 g/mol. The van der Waals surface area contributed by atoms with Gasteiger partial charge >= 0.3 is 0 Å². The highest BCUT2D eigenvalue weighted by molar-refractivity contribution is 5.76. The lowest BCUT2D eigenvalue weighted by molar-refractivity contribution is -0.131. The van der Waals surface area contributed by atoms with Crippen molar-refractivity contribution in [3.05, 3.63) is 18.5 Å². The molecule has 1 aromatic heterocycles. The summed E-state index contributed by atoms with van der Waals surface area (Å²) in [5, 5.41) is 6.98. The fourth-order valence-electron chi connectivity index (χ4n) is 2.35. The Morgan fingerprint density at radius 1 is 1.50 bits per heavy atom. The average Bonchev–Trinajstić information content (AvgIpc) is 2.99. The Bertz CT molecular complexity index is 477. The summed E-state index contributed by atoms with van der Waals surface area (Å²) in [7, 11) is 0. The third-order valence-corrected chi connectivity index (χ3v) is 3.43. The highest BCUT2D eigenvalue weighted by Gasteiger charge is 2.28. The minimum absolute atomic E-state index is 0.0599. The number of ether oxygens (including phenoxy) is 2. The van der Waals surface area contributed by atoms with Crippen molar-refractivity contribution in [1.82, 2.24) is 15.1 Å². The molecule has 0 bridgehead atoms. The molecule has 1 fully saturated rings. The summed E-state index contributed by atoms with van der Waals surface area (Å²) in [5.41, 5.74) is 5.08. The number of carbonyl (C=O) groups is 2. The van der Waals surface area contributed by atoms with Gasteiger partial charge in [-0.2, -0.15) is 5.10 Å². The van der Waals surface area contributed by atoms with E-state index in [1.54, 1.807) is 10.9 Å². The molecule has 0 aromatic carbocycles. The van der Waals surface area contributed by atoms with Crippen LogP contribution in [-0.4, -0.2) is 53.6 Å². The van der Waals surface area contributed by atoms with E-state index in [2.05, 4.69) is 10.4 Å². The first-order valence-corrected chi connectivity index (χ1v) is 7.39. The van der Waals surface area contributed by atoms with E-state index < -0.39 is 5.91 Å². The molecule has 0 spiro atoms. The zero-order valence-electron chi connectivity index (χ0n) is 12.4. The third-order valence-electron chi connectivity index (χ3n) is 3.43. The van der Waals surface area contributed by atoms with Crippen LogP contribution in [0.5, 0.6) is 0 Å². The zero-order chi connectivity index (χ0) is 15.8. The predicted molar refractivity (Wildman–Crippen MR) is 77.8 cm³/mol. The molecule has 0 aliphatic carbocycles. The van der Waals surface area contributed by atoms with E-state index >= 15 is 0 Å². The highest BCUT2D eigenvalue weighted by Crippen LogP contribution is 2.12. The number of nitrogens with one attached hydrogen (secondary N) is 1. The molecular formula is C14H22N4O4. The lowest BCUT2D eigenvalue weighted by atomic mass is 10.1. The molecule has 122 valence electrons. The molecule has 0 unspecified atom stereocenters. The van der Waals surface area contributed by atoms with Gasteiger partial charge in [-0.15, -0.1) is 0 Å². The summed E-state index contributed by atoms with van der Waals surface area (Å²) >= 11 is 0. The largest absolute Gasteiger partial charge is 0.379 e. The summed E-state index contributed by atoms with van der Waals surface area (Å²) in [6, 6.07) is 1.60. The molecule has 2 atom stereocenters. The summed E-state index contributed by atoms with van der Waals surface area (Å²) in [6.07, 6.45) is 5.07. The number of amides is 2. The second-order valence-electron chi connectivity index (χ2n) is 5.23. The Hall–Kier alpha value is -1.93. The van der Waals surface area contributed by atoms with E-state index in [0.29, 0.717) is 39.0 Å². The van der Waals surface area contributed by atoms with Crippen molar-refractivity contribution in [2.45, 2.75) is 38.0 Å². The summed E-state index contributed by atoms with van der Waals surface area (Å²) in [5.74, 6) is -0.578. The van der Waals surface area contributed by atoms with Crippen molar-refractivity contribution in [3.8, 4) is 0 Å². The topological polar surface area (TPSA) is 108 Å². The molecule has 3 N–H and O–H groups in total. The maximum Gasteiger partial charge on any atom is 0.243 e. The number of hydrogen-bond donors (Lipinski definition) is 2. The number of aryl methyl sites for hydroxylation is 1. The standard InChI is InChI=1S/C14H22N4O4/c15-13(19)10-22-12-4-8-21-9-11(12)17-14(20)3-1-6-18-7-2-5-16-18/h2,5,7,11-12H,1,3-4,6,8-10H2,(H2,15,19)(H,17,20)/t11-,12+/m1/s1. The predicted octanol–water partition coefficient (Wildman–Crippen LogP) is -0.561. The Morgan fingerprint density at radius 2 is 2.36 bits per heavy atom. The number of nitrogens with two attached hydrogens (primary N) is 1. The van der Waals surface area contributed by atoms with Crippen molar-refractivity contribution in [3.63, 3.8) is 0 Å². The van der Waals surface area contributed by atoms with Crippen LogP contribution in [0.15, 0.2) is 18.5 Å². The van der Waals surface area contributed by atoms with Gasteiger partial charge in [0.2, 0.25) is 11.8 Å². The minimum Gasteiger partial charge on any atom is -0.379 e. The Morgan fingerprint density at radius 3 is 3.09 bits per heavy atom. The maximum absolute atomic E-state index is 12.0. The first-order valence-electron chi connectivity index (χ1n) is 7.39. The van der Waals surface area contributed by atoms with Crippen LogP contribution in [0.2, 0.25) is 0 Å². The normalized spacial score (nSPS) is 21.5. The molecule has 2 heterocycles. The first kappa shape index (κ1) is 16.4. The monoisotopic (exact) mass is 310 g/mol. The molecule has 2 rings (SSSR count). The zero-order valence-corrected chi connectivity index (χ0v) is 12.4. The van der Waals surface area contributed by atoms with Gasteiger partial charge in [0.05, 0.1) is 18.8 Å². The highest BCUT2D eigenvalue weighted by atomic mass is 16.5. The van der Waals surface area contributed by atoms with Crippen molar-refractivity contribution >= 4 is 11.8 Å². The van der Waals surface area contributed by atoms with Gasteiger partial charge in [-0.25, -0.2) is 0 Å². The molecule has 8 heteroatoms. The van der Waals surface area contributed by atoms with Crippen LogP contribution in [0.25, 0.3) is 0 Å². The molecule has 0 saturated carbocycles. The Labute approximate surface area is 128 Å². The smallest absolute Gasteiger partial charge is 0.243 e. The van der Waals surface area contributed by atoms with E-state index in [-0.39, 0.29) is 24.7 Å². The number of aromatic nitrogens is 2. The number of nitrogens with zero attached hydrogens (tertiary/aromatic N) is 2. The van der Waals surface area contributed by atoms with Gasteiger partial charge in [0.1, 0.15) is 6.61 Å². The summed E-state index contributed by atoms with van der Waals surface area (Å²) in [6.45, 7) is 1.49. The van der Waals surface area contributed by atoms with E-state index in [9.17, 15) is 9.59 Å². The van der Waals surface area contributed by atoms with Gasteiger partial charge in [0.15, 0.2) is 0 Å². The minimum atomic E-state index is -0.518. The molecule has 2 amide bonds. The van der Waals surface area contributed by atoms with Gasteiger partial charge in [0, 0.05) is 32.0 Å². The lowest BCUT2D eigenvalue weighted by Gasteiger charge is -2.31. The van der Waals surface area contributed by atoms with Crippen LogP contribution in [0, 0.1) is 0 Å². The van der Waals surface area contributed by atoms with Crippen LogP contribution >= 0.6 is 0 Å². The molecule has 1 aromatic rings. The quantitative estimate of drug-likeness (QED) is 0.669. The molecule has 8 nitrogen and oxygen atoms in total. The maximum atomic E-state index is 12.0. The van der Waals surface area contributed by atoms with Gasteiger partial charge < -0.3 is 20.5 Å². The molecule has 22 heavy (non-hydrogen) atoms. The van der Waals surface area contributed by atoms with E-state index in [4.69, 9.17) is 15.2 Å². The Balaban J connectivity index is 1.71. The van der Waals surface area contributed by atoms with E-state index in [1.165, 1.54) is 0 Å². The van der Waals surface area contributed by atoms with Crippen LogP contribution in [-0.2, 0) is 25.6 Å². The van der Waals surface area contributed by atoms with Gasteiger partial charge in [-0.05, 0) is 18.9 Å². The molecule has 1 aliphatic heterocycles. The van der Waals surface area contributed by atoms with Gasteiger partial charge in [0.25, 0.3) is 0 Å². The average molecular weight is 310 g/mol. The van der Waals surface area contributed by atoms with Crippen LogP contribution < -0.4 is 11.1 Å². The fourth-order valence-corrected chi connectivity index (χ4v) is 2.35. The number of primary amides is 1. The van der Waals surface area contributed by atoms with Gasteiger partial charge in [-0.3, -0.25) is 14.3 Å². The van der Waals surface area contributed by atoms with Crippen LogP contribution in [0.3, 0.4) is 0 Å². The first-order chi connectivity index (χ1) is 10.6. The second kappa shape index (κ2) is 8.50. The SMILES string of the molecule is NC(=O)CO[C@H]1CCOC[C@H]1NC(=O)CCCn1cccn1. The van der Waals surface area contributed by atoms with Gasteiger partial charge in [-0.1, -0.05) is 0 Å². The number of hydrogen-bond acceptors (Lipinski definition) is 5. The Kier molecular flexibility index (Phi) is 6.35. The van der Waals surface area contributed by atoms with Crippen molar-refractivity contribution < 1.29 is 19.1 Å². The van der Waals surface area contributed by atoms with E-state index in [0.717, 1.165) is 0 Å². The molecule has 1 aliphatic rings. The number of rotatable bonds is 8. The molecule has 0 radical (unpaired) electrons. The van der Waals surface area contributed by atoms with Crippen molar-refractivity contribution in [2.75, 3.05) is 19.8 Å². The lowest BCUT2D eigenvalue weighted by Crippen LogP contribution is -2.51. The number of carbonyl (C=O) groups excluding carboxylic acids is 2.